The van der Waals surface area contributed by atoms with E-state index >= 15 is 0 Å². The molecule has 42 heavy (non-hydrogen) atoms. The number of carboxylic acids is 1. The fourth-order valence-electron chi connectivity index (χ4n) is 7.15. The summed E-state index contributed by atoms with van der Waals surface area (Å²) in [5.41, 5.74) is 20.3. The molecule has 0 fully saturated rings. The lowest BCUT2D eigenvalue weighted by atomic mass is 9.86. The number of carbonyl (C=O) groups is 2. The minimum Gasteiger partial charge on any atom is -0.481 e. The summed E-state index contributed by atoms with van der Waals surface area (Å²) < 4.78 is 0. The number of Topliss-reactive ketones (excluding diaryl/α,β-unsaturated/α-hetero) is 1. The molecule has 0 amide bonds. The van der Waals surface area contributed by atoms with Crippen LogP contribution in [0.25, 0.3) is 33.4 Å². The Morgan fingerprint density at radius 2 is 0.833 bits per heavy atom. The van der Waals surface area contributed by atoms with Gasteiger partial charge in [-0.3, -0.25) is 9.59 Å². The molecule has 4 heteroatoms. The summed E-state index contributed by atoms with van der Waals surface area (Å²) in [6, 6.07) is 34.9. The second-order valence-corrected chi connectivity index (χ2v) is 11.2. The number of aryl methyl sites for hydroxylation is 1. The summed E-state index contributed by atoms with van der Waals surface area (Å²) in [5.74, 6) is -0.532. The van der Waals surface area contributed by atoms with Gasteiger partial charge in [0, 0.05) is 18.9 Å². The van der Waals surface area contributed by atoms with Crippen LogP contribution in [0.3, 0.4) is 0 Å². The highest BCUT2D eigenvalue weighted by molar-refractivity contribution is 6.01. The van der Waals surface area contributed by atoms with Crippen molar-refractivity contribution in [3.63, 3.8) is 0 Å². The van der Waals surface area contributed by atoms with Gasteiger partial charge in [-0.25, -0.2) is 0 Å². The third-order valence-corrected chi connectivity index (χ3v) is 8.71. The van der Waals surface area contributed by atoms with Gasteiger partial charge >= 0.3 is 0 Å². The molecule has 208 valence electrons. The fourth-order valence-corrected chi connectivity index (χ4v) is 7.15. The largest absolute Gasteiger partial charge is 0.481 e. The van der Waals surface area contributed by atoms with Crippen LogP contribution in [0.2, 0.25) is 0 Å². The molecule has 1 N–H and O–H groups in total. The van der Waals surface area contributed by atoms with Crippen molar-refractivity contribution < 1.29 is 14.7 Å². The molecule has 0 radical (unpaired) electrons. The van der Waals surface area contributed by atoms with Crippen molar-refractivity contribution in [2.45, 2.75) is 39.0 Å². The van der Waals surface area contributed by atoms with E-state index < -0.39 is 5.97 Å². The first-order valence-electron chi connectivity index (χ1n) is 14.3. The molecular weight excluding hydrogens is 540 g/mol. The van der Waals surface area contributed by atoms with Crippen LogP contribution in [0.1, 0.15) is 62.6 Å². The van der Waals surface area contributed by atoms with Crippen molar-refractivity contribution in [1.29, 1.82) is 0 Å². The summed E-state index contributed by atoms with van der Waals surface area (Å²) in [6.07, 6.45) is 4.87. The molecular formula is C38H31ClO3. The van der Waals surface area contributed by atoms with E-state index in [9.17, 15) is 4.79 Å². The van der Waals surface area contributed by atoms with Crippen molar-refractivity contribution in [3.05, 3.63) is 142 Å². The van der Waals surface area contributed by atoms with Crippen LogP contribution in [0.15, 0.2) is 97.1 Å². The van der Waals surface area contributed by atoms with Gasteiger partial charge in [-0.05, 0) is 98.0 Å². The summed E-state index contributed by atoms with van der Waals surface area (Å²) in [5, 5.41) is 7.42. The summed E-state index contributed by atoms with van der Waals surface area (Å²) >= 11 is 0. The molecule has 0 spiro atoms. The molecule has 3 nitrogen and oxygen atoms in total. The SMILES string of the molecule is CC(=O)O.Cl.O=C1CCc2ccccc21.c1ccc2c(c1)Cc1c-2c2c(c3c1-c1ccccc1C3)-c1ccccc1C2. The molecule has 0 aliphatic heterocycles. The number of rotatable bonds is 0. The number of carboxylic acid groups (broad SMARTS) is 1. The molecule has 0 aromatic heterocycles. The van der Waals surface area contributed by atoms with Crippen LogP contribution in [0.5, 0.6) is 0 Å². The van der Waals surface area contributed by atoms with Crippen molar-refractivity contribution in [2.75, 3.05) is 0 Å². The quantitative estimate of drug-likeness (QED) is 0.198. The number of halogens is 1. The fraction of sp³-hybridized carbons (Fsp3) is 0.158. The summed E-state index contributed by atoms with van der Waals surface area (Å²) in [7, 11) is 0. The van der Waals surface area contributed by atoms with E-state index in [0.717, 1.165) is 38.2 Å². The predicted octanol–water partition coefficient (Wildman–Crippen LogP) is 8.73. The number of hydrogen-bond donors (Lipinski definition) is 1. The highest BCUT2D eigenvalue weighted by Gasteiger charge is 2.36. The molecule has 5 aromatic carbocycles. The molecule has 0 heterocycles. The van der Waals surface area contributed by atoms with Gasteiger partial charge in [0.15, 0.2) is 5.78 Å². The Balaban J connectivity index is 0.000000176. The van der Waals surface area contributed by atoms with Crippen molar-refractivity contribution in [2.24, 2.45) is 0 Å². The van der Waals surface area contributed by atoms with E-state index in [-0.39, 0.29) is 12.4 Å². The van der Waals surface area contributed by atoms with Crippen LogP contribution in [-0.2, 0) is 30.5 Å². The molecule has 4 aliphatic rings. The monoisotopic (exact) mass is 570 g/mol. The normalized spacial score (nSPS) is 13.4. The number of ketones is 1. The average Bonchev–Trinajstić information content (AvgIpc) is 3.74. The maximum absolute atomic E-state index is 11.1. The Kier molecular flexibility index (Phi) is 7.30. The van der Waals surface area contributed by atoms with Gasteiger partial charge < -0.3 is 5.11 Å². The Hall–Kier alpha value is -4.47. The van der Waals surface area contributed by atoms with Gasteiger partial charge in [-0.1, -0.05) is 97.1 Å². The van der Waals surface area contributed by atoms with Crippen LogP contribution in [-0.4, -0.2) is 16.9 Å². The maximum atomic E-state index is 11.1. The van der Waals surface area contributed by atoms with E-state index in [1.807, 2.05) is 24.3 Å². The van der Waals surface area contributed by atoms with Gasteiger partial charge in [0.1, 0.15) is 0 Å². The topological polar surface area (TPSA) is 54.4 Å². The second kappa shape index (κ2) is 11.1. The standard InChI is InChI=1S/C27H18.C9H8O.C2H4O2.ClH/c1-4-10-19-16(7-1)13-22-25(19)23-14-17-8-3-6-12-21(17)27(23)24-15-18-9-2-5-11-20(18)26(22)24;10-9-6-5-7-3-1-2-4-8(7)9;1-2(3)4;/h1-12H,13-15H2;1-4H,5-6H2;1H3,(H,3,4);1H. The van der Waals surface area contributed by atoms with Gasteiger partial charge in [0.2, 0.25) is 0 Å². The Morgan fingerprint density at radius 3 is 1.19 bits per heavy atom. The Morgan fingerprint density at radius 1 is 0.524 bits per heavy atom. The van der Waals surface area contributed by atoms with Gasteiger partial charge in [0.25, 0.3) is 5.97 Å². The van der Waals surface area contributed by atoms with Gasteiger partial charge in [-0.15, -0.1) is 12.4 Å². The molecule has 4 aliphatic carbocycles. The lowest BCUT2D eigenvalue weighted by Gasteiger charge is -2.17. The number of carbonyl (C=O) groups excluding carboxylic acids is 1. The lowest BCUT2D eigenvalue weighted by Crippen LogP contribution is -1.96. The zero-order chi connectivity index (χ0) is 28.1. The number of aliphatic carboxylic acids is 1. The van der Waals surface area contributed by atoms with Gasteiger partial charge in [0.05, 0.1) is 0 Å². The first-order valence-corrected chi connectivity index (χ1v) is 14.3. The van der Waals surface area contributed by atoms with Crippen LogP contribution >= 0.6 is 12.4 Å². The van der Waals surface area contributed by atoms with E-state index in [1.165, 1.54) is 55.6 Å². The molecule has 0 bridgehead atoms. The van der Waals surface area contributed by atoms with Crippen LogP contribution in [0, 0.1) is 0 Å². The zero-order valence-electron chi connectivity index (χ0n) is 23.4. The maximum Gasteiger partial charge on any atom is 0.300 e. The first kappa shape index (κ1) is 27.7. The zero-order valence-corrected chi connectivity index (χ0v) is 24.3. The Labute approximate surface area is 252 Å². The van der Waals surface area contributed by atoms with E-state index in [2.05, 4.69) is 72.8 Å². The minimum absolute atomic E-state index is 0. The van der Waals surface area contributed by atoms with E-state index in [0.29, 0.717) is 12.2 Å². The predicted molar refractivity (Wildman–Crippen MR) is 171 cm³/mol. The first-order chi connectivity index (χ1) is 20.0. The van der Waals surface area contributed by atoms with Gasteiger partial charge in [-0.2, -0.15) is 0 Å². The number of fused-ring (bicyclic) bond motifs is 13. The third kappa shape index (κ3) is 4.55. The molecule has 0 atom stereocenters. The van der Waals surface area contributed by atoms with E-state index in [4.69, 9.17) is 9.90 Å². The van der Waals surface area contributed by atoms with Crippen LogP contribution in [0.4, 0.5) is 0 Å². The van der Waals surface area contributed by atoms with Crippen molar-refractivity contribution in [1.82, 2.24) is 0 Å². The summed E-state index contributed by atoms with van der Waals surface area (Å²) in [6.45, 7) is 1.08. The molecule has 0 saturated carbocycles. The van der Waals surface area contributed by atoms with Crippen molar-refractivity contribution >= 4 is 24.2 Å². The van der Waals surface area contributed by atoms with Crippen molar-refractivity contribution in [3.8, 4) is 33.4 Å². The van der Waals surface area contributed by atoms with E-state index in [1.54, 1.807) is 16.7 Å². The summed E-state index contributed by atoms with van der Waals surface area (Å²) in [4.78, 5) is 20.1. The average molecular weight is 571 g/mol. The number of benzene rings is 5. The molecule has 0 saturated heterocycles. The smallest absolute Gasteiger partial charge is 0.300 e. The second-order valence-electron chi connectivity index (χ2n) is 11.2. The molecule has 9 rings (SSSR count). The molecule has 5 aromatic rings. The lowest BCUT2D eigenvalue weighted by molar-refractivity contribution is -0.134. The van der Waals surface area contributed by atoms with Crippen LogP contribution < -0.4 is 0 Å². The Bertz CT molecular complexity index is 1700. The molecule has 0 unspecified atom stereocenters. The highest BCUT2D eigenvalue weighted by Crippen LogP contribution is 2.56. The number of hydrogen-bond acceptors (Lipinski definition) is 2. The minimum atomic E-state index is -0.833. The third-order valence-electron chi connectivity index (χ3n) is 8.71. The highest BCUT2D eigenvalue weighted by atomic mass is 35.5.